The molecule has 0 saturated carbocycles. The van der Waals surface area contributed by atoms with Crippen LogP contribution in [0.4, 0.5) is 11.4 Å². The van der Waals surface area contributed by atoms with Crippen LogP contribution in [0.3, 0.4) is 0 Å². The Hall–Kier alpha value is -2.82. The molecule has 0 radical (unpaired) electrons. The summed E-state index contributed by atoms with van der Waals surface area (Å²) in [5.41, 5.74) is 11.9. The predicted molar refractivity (Wildman–Crippen MR) is 72.1 cm³/mol. The van der Waals surface area contributed by atoms with Gasteiger partial charge in [0.05, 0.1) is 5.56 Å². The molecule has 0 aliphatic rings. The van der Waals surface area contributed by atoms with Gasteiger partial charge in [-0.05, 0) is 18.2 Å². The van der Waals surface area contributed by atoms with Gasteiger partial charge in [0.2, 0.25) is 0 Å². The SMILES string of the molecule is Nc1cccc(C(=O)c2cccc(N)c2C(=O)O)c1. The van der Waals surface area contributed by atoms with Crippen LogP contribution in [0.5, 0.6) is 0 Å². The molecule has 2 rings (SSSR count). The van der Waals surface area contributed by atoms with E-state index < -0.39 is 11.8 Å². The molecule has 96 valence electrons. The van der Waals surface area contributed by atoms with E-state index in [-0.39, 0.29) is 16.8 Å². The number of aromatic carboxylic acids is 1. The van der Waals surface area contributed by atoms with Crippen molar-refractivity contribution in [1.29, 1.82) is 0 Å². The molecule has 0 aliphatic heterocycles. The number of carbonyl (C=O) groups excluding carboxylic acids is 1. The summed E-state index contributed by atoms with van der Waals surface area (Å²) in [4.78, 5) is 23.5. The number of carboxylic acid groups (broad SMARTS) is 1. The molecule has 5 N–H and O–H groups in total. The van der Waals surface area contributed by atoms with E-state index in [1.165, 1.54) is 18.2 Å². The summed E-state index contributed by atoms with van der Waals surface area (Å²) in [5, 5.41) is 9.14. The Labute approximate surface area is 109 Å². The summed E-state index contributed by atoms with van der Waals surface area (Å²) in [6.07, 6.45) is 0. The number of ketones is 1. The highest BCUT2D eigenvalue weighted by atomic mass is 16.4. The zero-order valence-corrected chi connectivity index (χ0v) is 9.96. The van der Waals surface area contributed by atoms with Gasteiger partial charge in [0.25, 0.3) is 0 Å². The fourth-order valence-corrected chi connectivity index (χ4v) is 1.83. The van der Waals surface area contributed by atoms with Crippen molar-refractivity contribution in [2.24, 2.45) is 0 Å². The van der Waals surface area contributed by atoms with Gasteiger partial charge in [0.15, 0.2) is 5.78 Å². The average Bonchev–Trinajstić information content (AvgIpc) is 2.37. The molecule has 2 aromatic rings. The molecule has 19 heavy (non-hydrogen) atoms. The van der Waals surface area contributed by atoms with Crippen molar-refractivity contribution in [3.63, 3.8) is 0 Å². The highest BCUT2D eigenvalue weighted by molar-refractivity contribution is 6.16. The van der Waals surface area contributed by atoms with Crippen LogP contribution in [0.15, 0.2) is 42.5 Å². The van der Waals surface area contributed by atoms with Crippen molar-refractivity contribution in [1.82, 2.24) is 0 Å². The number of benzene rings is 2. The largest absolute Gasteiger partial charge is 0.478 e. The minimum Gasteiger partial charge on any atom is -0.478 e. The summed E-state index contributed by atoms with van der Waals surface area (Å²) < 4.78 is 0. The fraction of sp³-hybridized carbons (Fsp3) is 0. The number of rotatable bonds is 3. The predicted octanol–water partition coefficient (Wildman–Crippen LogP) is 1.78. The molecule has 5 nitrogen and oxygen atoms in total. The lowest BCUT2D eigenvalue weighted by molar-refractivity contribution is 0.0694. The van der Waals surface area contributed by atoms with Crippen molar-refractivity contribution in [3.05, 3.63) is 59.2 Å². The monoisotopic (exact) mass is 256 g/mol. The highest BCUT2D eigenvalue weighted by Crippen LogP contribution is 2.21. The summed E-state index contributed by atoms with van der Waals surface area (Å²) in [6, 6.07) is 10.8. The summed E-state index contributed by atoms with van der Waals surface area (Å²) in [7, 11) is 0. The van der Waals surface area contributed by atoms with Crippen LogP contribution in [0.25, 0.3) is 0 Å². The van der Waals surface area contributed by atoms with E-state index in [0.717, 1.165) is 0 Å². The average molecular weight is 256 g/mol. The van der Waals surface area contributed by atoms with Crippen LogP contribution in [-0.2, 0) is 0 Å². The second-order valence-corrected chi connectivity index (χ2v) is 4.03. The quantitative estimate of drug-likeness (QED) is 0.573. The minimum atomic E-state index is -1.23. The lowest BCUT2D eigenvalue weighted by Crippen LogP contribution is -2.12. The van der Waals surface area contributed by atoms with Gasteiger partial charge in [-0.25, -0.2) is 4.79 Å². The Morgan fingerprint density at radius 2 is 1.68 bits per heavy atom. The van der Waals surface area contributed by atoms with Crippen molar-refractivity contribution in [2.45, 2.75) is 0 Å². The van der Waals surface area contributed by atoms with E-state index in [9.17, 15) is 9.59 Å². The molecule has 0 spiro atoms. The lowest BCUT2D eigenvalue weighted by atomic mass is 9.97. The zero-order chi connectivity index (χ0) is 14.0. The maximum absolute atomic E-state index is 12.3. The number of hydrogen-bond acceptors (Lipinski definition) is 4. The lowest BCUT2D eigenvalue weighted by Gasteiger charge is -2.08. The van der Waals surface area contributed by atoms with Crippen LogP contribution in [0.1, 0.15) is 26.3 Å². The van der Waals surface area contributed by atoms with Gasteiger partial charge in [-0.15, -0.1) is 0 Å². The molecule has 0 bridgehead atoms. The number of carbonyl (C=O) groups is 2. The topological polar surface area (TPSA) is 106 Å². The van der Waals surface area contributed by atoms with Gasteiger partial charge in [-0.1, -0.05) is 24.3 Å². The Balaban J connectivity index is 2.57. The van der Waals surface area contributed by atoms with Gasteiger partial charge in [0.1, 0.15) is 0 Å². The number of carboxylic acids is 1. The normalized spacial score (nSPS) is 10.1. The summed E-state index contributed by atoms with van der Waals surface area (Å²) in [6.45, 7) is 0. The number of hydrogen-bond donors (Lipinski definition) is 3. The molecule has 0 saturated heterocycles. The molecule has 2 aromatic carbocycles. The Morgan fingerprint density at radius 1 is 1.00 bits per heavy atom. The van der Waals surface area contributed by atoms with Gasteiger partial charge < -0.3 is 16.6 Å². The van der Waals surface area contributed by atoms with E-state index in [0.29, 0.717) is 11.3 Å². The summed E-state index contributed by atoms with van der Waals surface area (Å²) >= 11 is 0. The first-order valence-electron chi connectivity index (χ1n) is 5.52. The van der Waals surface area contributed by atoms with Crippen molar-refractivity contribution in [2.75, 3.05) is 11.5 Å². The van der Waals surface area contributed by atoms with Crippen LogP contribution >= 0.6 is 0 Å². The first kappa shape index (κ1) is 12.6. The van der Waals surface area contributed by atoms with Crippen molar-refractivity contribution in [3.8, 4) is 0 Å². The van der Waals surface area contributed by atoms with E-state index in [1.54, 1.807) is 24.3 Å². The smallest absolute Gasteiger partial charge is 0.338 e. The Morgan fingerprint density at radius 3 is 2.32 bits per heavy atom. The minimum absolute atomic E-state index is 0.0538. The second kappa shape index (κ2) is 4.81. The van der Waals surface area contributed by atoms with E-state index in [2.05, 4.69) is 0 Å². The Bertz CT molecular complexity index is 665. The first-order chi connectivity index (χ1) is 9.00. The van der Waals surface area contributed by atoms with Crippen LogP contribution in [0.2, 0.25) is 0 Å². The molecule has 5 heteroatoms. The van der Waals surface area contributed by atoms with E-state index in [1.807, 2.05) is 0 Å². The van der Waals surface area contributed by atoms with Crippen LogP contribution in [-0.4, -0.2) is 16.9 Å². The number of anilines is 2. The molecule has 0 atom stereocenters. The molecule has 0 heterocycles. The molecular formula is C14H12N2O3. The van der Waals surface area contributed by atoms with Crippen molar-refractivity contribution < 1.29 is 14.7 Å². The third-order valence-electron chi connectivity index (χ3n) is 2.70. The Kier molecular flexibility index (Phi) is 3.20. The molecule has 0 unspecified atom stereocenters. The molecule has 0 aliphatic carbocycles. The fourth-order valence-electron chi connectivity index (χ4n) is 1.83. The van der Waals surface area contributed by atoms with Gasteiger partial charge >= 0.3 is 5.97 Å². The van der Waals surface area contributed by atoms with Gasteiger partial charge in [-0.2, -0.15) is 0 Å². The van der Waals surface area contributed by atoms with Crippen LogP contribution in [0, 0.1) is 0 Å². The maximum Gasteiger partial charge on any atom is 0.338 e. The second-order valence-electron chi connectivity index (χ2n) is 4.03. The third kappa shape index (κ3) is 2.40. The summed E-state index contributed by atoms with van der Waals surface area (Å²) in [5.74, 6) is -1.65. The standard InChI is InChI=1S/C14H12N2O3/c15-9-4-1-3-8(7-9)13(17)10-5-2-6-11(16)12(10)14(18)19/h1-7H,15-16H2,(H,18,19). The highest BCUT2D eigenvalue weighted by Gasteiger charge is 2.20. The van der Waals surface area contributed by atoms with E-state index in [4.69, 9.17) is 16.6 Å². The molecule has 0 fully saturated rings. The number of nitrogen functional groups attached to an aromatic ring is 2. The maximum atomic E-state index is 12.3. The third-order valence-corrected chi connectivity index (χ3v) is 2.70. The molecule has 0 amide bonds. The molecular weight excluding hydrogens is 244 g/mol. The zero-order valence-electron chi connectivity index (χ0n) is 9.96. The van der Waals surface area contributed by atoms with E-state index >= 15 is 0 Å². The first-order valence-corrected chi connectivity index (χ1v) is 5.52. The van der Waals surface area contributed by atoms with Gasteiger partial charge in [0, 0.05) is 22.5 Å². The molecule has 0 aromatic heterocycles. The van der Waals surface area contributed by atoms with Gasteiger partial charge in [-0.3, -0.25) is 4.79 Å². The van der Waals surface area contributed by atoms with Crippen molar-refractivity contribution >= 4 is 23.1 Å². The number of nitrogens with two attached hydrogens (primary N) is 2. The van der Waals surface area contributed by atoms with Crippen LogP contribution < -0.4 is 11.5 Å².